The zero-order chi connectivity index (χ0) is 33.5. The van der Waals surface area contributed by atoms with Crippen molar-refractivity contribution in [3.63, 3.8) is 0 Å². The zero-order valence-electron chi connectivity index (χ0n) is 28.1. The molecule has 46 heavy (non-hydrogen) atoms. The van der Waals surface area contributed by atoms with Crippen molar-refractivity contribution in [2.75, 3.05) is 0 Å². The highest BCUT2D eigenvalue weighted by molar-refractivity contribution is 7.85. The number of hydrogen-bond acceptors (Lipinski definition) is 3. The van der Waals surface area contributed by atoms with Gasteiger partial charge in [0, 0.05) is 12.0 Å². The average Bonchev–Trinajstić information content (AvgIpc) is 2.95. The van der Waals surface area contributed by atoms with Gasteiger partial charge >= 0.3 is 0 Å². The Balaban J connectivity index is 1.63. The maximum absolute atomic E-state index is 12.7. The molecular formula is C41H44O4S. The Morgan fingerprint density at radius 2 is 0.913 bits per heavy atom. The van der Waals surface area contributed by atoms with E-state index in [0.29, 0.717) is 5.56 Å². The molecule has 2 N–H and O–H groups in total. The van der Waals surface area contributed by atoms with E-state index in [1.54, 1.807) is 6.07 Å². The summed E-state index contributed by atoms with van der Waals surface area (Å²) in [7, 11) is -4.63. The van der Waals surface area contributed by atoms with E-state index in [0.717, 1.165) is 41.2 Å². The van der Waals surface area contributed by atoms with Crippen LogP contribution in [0.1, 0.15) is 89.4 Å². The van der Waals surface area contributed by atoms with Crippen LogP contribution in [0.15, 0.2) is 83.8 Å². The first kappa shape index (κ1) is 33.2. The molecule has 0 saturated carbocycles. The van der Waals surface area contributed by atoms with Gasteiger partial charge in [-0.15, -0.1) is 0 Å². The molecule has 5 heteroatoms. The lowest BCUT2D eigenvalue weighted by atomic mass is 9.80. The van der Waals surface area contributed by atoms with Crippen LogP contribution >= 0.6 is 0 Å². The molecule has 0 fully saturated rings. The Kier molecular flexibility index (Phi) is 9.30. The van der Waals surface area contributed by atoms with Crippen molar-refractivity contribution >= 4 is 10.1 Å². The van der Waals surface area contributed by atoms with Crippen LogP contribution in [0.5, 0.6) is 5.75 Å². The van der Waals surface area contributed by atoms with E-state index in [-0.39, 0.29) is 10.6 Å². The molecule has 0 atom stereocenters. The number of benzene rings is 5. The van der Waals surface area contributed by atoms with Gasteiger partial charge in [-0.1, -0.05) is 77.9 Å². The van der Waals surface area contributed by atoms with E-state index in [2.05, 4.69) is 116 Å². The molecule has 0 bridgehead atoms. The van der Waals surface area contributed by atoms with Gasteiger partial charge in [-0.05, 0) is 147 Å². The lowest BCUT2D eigenvalue weighted by molar-refractivity contribution is 0.465. The third-order valence-electron chi connectivity index (χ3n) is 9.32. The Morgan fingerprint density at radius 3 is 1.28 bits per heavy atom. The largest absolute Gasteiger partial charge is 0.508 e. The van der Waals surface area contributed by atoms with Crippen LogP contribution in [-0.2, 0) is 23.0 Å². The molecule has 0 aliphatic rings. The minimum Gasteiger partial charge on any atom is -0.508 e. The van der Waals surface area contributed by atoms with E-state index >= 15 is 0 Å². The van der Waals surface area contributed by atoms with E-state index in [4.69, 9.17) is 0 Å². The highest BCUT2D eigenvalue weighted by Gasteiger charge is 2.28. The molecule has 0 aliphatic carbocycles. The predicted molar refractivity (Wildman–Crippen MR) is 188 cm³/mol. The minimum atomic E-state index is -4.63. The van der Waals surface area contributed by atoms with E-state index < -0.39 is 16.0 Å². The normalized spacial score (nSPS) is 11.8. The highest BCUT2D eigenvalue weighted by atomic mass is 32.2. The third kappa shape index (κ3) is 6.96. The number of phenols is 1. The number of hydrogen-bond donors (Lipinski definition) is 2. The van der Waals surface area contributed by atoms with Gasteiger partial charge in [-0.2, -0.15) is 8.42 Å². The molecule has 5 rings (SSSR count). The maximum atomic E-state index is 12.7. The summed E-state index contributed by atoms with van der Waals surface area (Å²) in [4.78, 5) is -0.290. The summed E-state index contributed by atoms with van der Waals surface area (Å²) < 4.78 is 35.7. The summed E-state index contributed by atoms with van der Waals surface area (Å²) in [6, 6.07) is 25.9. The summed E-state index contributed by atoms with van der Waals surface area (Å²) in [6.07, 6.45) is 1.59. The minimum absolute atomic E-state index is 0.220. The lowest BCUT2D eigenvalue weighted by Gasteiger charge is -2.25. The van der Waals surface area contributed by atoms with Crippen LogP contribution in [-0.4, -0.2) is 18.1 Å². The van der Waals surface area contributed by atoms with Crippen LogP contribution in [0.3, 0.4) is 0 Å². The van der Waals surface area contributed by atoms with Crippen LogP contribution in [0.4, 0.5) is 0 Å². The van der Waals surface area contributed by atoms with Gasteiger partial charge < -0.3 is 5.11 Å². The first-order valence-corrected chi connectivity index (χ1v) is 17.2. The second-order valence-corrected chi connectivity index (χ2v) is 14.5. The number of rotatable bonds is 8. The highest BCUT2D eigenvalue weighted by Crippen LogP contribution is 2.40. The van der Waals surface area contributed by atoms with Crippen LogP contribution in [0, 0.1) is 55.4 Å². The molecule has 0 radical (unpaired) electrons. The van der Waals surface area contributed by atoms with Crippen molar-refractivity contribution in [3.05, 3.63) is 162 Å². The van der Waals surface area contributed by atoms with Crippen molar-refractivity contribution in [1.29, 1.82) is 0 Å². The topological polar surface area (TPSA) is 74.6 Å². The molecule has 4 nitrogen and oxygen atoms in total. The molecule has 238 valence electrons. The fourth-order valence-corrected chi connectivity index (χ4v) is 7.97. The predicted octanol–water partition coefficient (Wildman–Crippen LogP) is 9.47. The fourth-order valence-electron chi connectivity index (χ4n) is 7.22. The molecule has 0 saturated heterocycles. The van der Waals surface area contributed by atoms with Gasteiger partial charge in [0.1, 0.15) is 10.6 Å². The van der Waals surface area contributed by atoms with Gasteiger partial charge in [-0.25, -0.2) is 0 Å². The van der Waals surface area contributed by atoms with E-state index in [1.807, 2.05) is 0 Å². The molecule has 0 aromatic heterocycles. The molecule has 0 unspecified atom stereocenters. The molecular weight excluding hydrogens is 589 g/mol. The first-order valence-electron chi connectivity index (χ1n) is 15.7. The summed E-state index contributed by atoms with van der Waals surface area (Å²) >= 11 is 0. The quantitative estimate of drug-likeness (QED) is 0.132. The molecule has 0 aliphatic heterocycles. The lowest BCUT2D eigenvalue weighted by Crippen LogP contribution is -2.13. The Labute approximate surface area is 274 Å². The number of aryl methyl sites for hydroxylation is 8. The van der Waals surface area contributed by atoms with Gasteiger partial charge in [0.2, 0.25) is 0 Å². The maximum Gasteiger partial charge on any atom is 0.294 e. The first-order chi connectivity index (χ1) is 21.6. The monoisotopic (exact) mass is 632 g/mol. The average molecular weight is 633 g/mol. The summed E-state index contributed by atoms with van der Waals surface area (Å²) in [5, 5.41) is 10.2. The molecule has 5 aromatic carbocycles. The van der Waals surface area contributed by atoms with Crippen LogP contribution < -0.4 is 0 Å². The summed E-state index contributed by atoms with van der Waals surface area (Å²) in [5.74, 6) is -0.715. The second-order valence-electron chi connectivity index (χ2n) is 13.1. The fraction of sp³-hybridized carbons (Fsp3) is 0.268. The molecule has 0 spiro atoms. The summed E-state index contributed by atoms with van der Waals surface area (Å²) in [6.45, 7) is 17.0. The number of phenolic OH excluding ortho intramolecular Hbond substituents is 1. The van der Waals surface area contributed by atoms with Crippen LogP contribution in [0.2, 0.25) is 0 Å². The van der Waals surface area contributed by atoms with Gasteiger partial charge in [0.15, 0.2) is 0 Å². The van der Waals surface area contributed by atoms with Gasteiger partial charge in [0.05, 0.1) is 0 Å². The van der Waals surface area contributed by atoms with Crippen molar-refractivity contribution in [1.82, 2.24) is 0 Å². The van der Waals surface area contributed by atoms with Crippen molar-refractivity contribution in [3.8, 4) is 5.75 Å². The SMILES string of the molecule is Cc1cc(C)c(Cc2ccc(C(c3ccc(Cc4c(C)cc(C)cc4C)cc3C)c3ccc(O)cc3S(=O)(=O)O)c(C)c2)c(C)c1. The standard InChI is InChI=1S/C41H44O4S/c1-24-15-26(3)38(27(4)16-24)21-32-9-12-35(30(7)19-32)41(37-14-11-34(42)23-40(37)46(43,44)45)36-13-10-33(20-31(36)8)22-39-28(5)17-25(2)18-29(39)6/h9-20,23,41-42H,21-22H2,1-8H3,(H,43,44,45). The van der Waals surface area contributed by atoms with Crippen molar-refractivity contribution in [2.24, 2.45) is 0 Å². The zero-order valence-corrected chi connectivity index (χ0v) is 28.9. The van der Waals surface area contributed by atoms with Crippen LogP contribution in [0.25, 0.3) is 0 Å². The van der Waals surface area contributed by atoms with E-state index in [1.165, 1.54) is 61.7 Å². The Hall–Kier alpha value is -4.19. The van der Waals surface area contributed by atoms with Gasteiger partial charge in [-0.3, -0.25) is 4.55 Å². The molecule has 0 amide bonds. The smallest absolute Gasteiger partial charge is 0.294 e. The second kappa shape index (κ2) is 12.9. The van der Waals surface area contributed by atoms with Gasteiger partial charge in [0.25, 0.3) is 10.1 Å². The number of aromatic hydroxyl groups is 1. The third-order valence-corrected chi connectivity index (χ3v) is 10.2. The Morgan fingerprint density at radius 1 is 0.522 bits per heavy atom. The summed E-state index contributed by atoms with van der Waals surface area (Å²) in [5.41, 5.74) is 16.9. The van der Waals surface area contributed by atoms with E-state index in [9.17, 15) is 18.1 Å². The molecule has 0 heterocycles. The Bertz CT molecular complexity index is 1920. The van der Waals surface area contributed by atoms with Crippen molar-refractivity contribution < 1.29 is 18.1 Å². The van der Waals surface area contributed by atoms with Crippen molar-refractivity contribution in [2.45, 2.75) is 79.0 Å². The molecule has 5 aromatic rings.